The Kier molecular flexibility index (Phi) is 8.53. The number of hydrogen-bond donors (Lipinski definition) is 2. The predicted molar refractivity (Wildman–Crippen MR) is 117 cm³/mol. The molecule has 1 fully saturated rings. The number of benzene rings is 2. The van der Waals surface area contributed by atoms with Gasteiger partial charge < -0.3 is 15.4 Å². The van der Waals surface area contributed by atoms with Crippen molar-refractivity contribution in [2.45, 2.75) is 37.8 Å². The summed E-state index contributed by atoms with van der Waals surface area (Å²) in [7, 11) is 1.56. The van der Waals surface area contributed by atoms with Gasteiger partial charge in [-0.1, -0.05) is 48.0 Å². The Bertz CT molecular complexity index is 910. The number of likely N-dealkylation sites (tertiary alicyclic amines) is 1. The molecule has 0 radical (unpaired) electrons. The second-order valence-electron chi connectivity index (χ2n) is 7.79. The molecule has 9 heteroatoms. The highest BCUT2D eigenvalue weighted by molar-refractivity contribution is 6.31. The molecule has 2 aromatic rings. The standard InChI is InChI=1S/C23H27ClF3N3O2/c1-32-11-10-28-22(31)21-12-18(15-30(21)14-17-7-3-5-9-20(17)24)29-13-16-6-2-4-8-19(16)23(25,26)27/h2-9,18,21,29H,10-15H2,1H3,(H,28,31)/t18-,21-/m0/s1. The van der Waals surface area contributed by atoms with Gasteiger partial charge in [0, 0.05) is 44.4 Å². The number of halogens is 4. The lowest BCUT2D eigenvalue weighted by molar-refractivity contribution is -0.138. The summed E-state index contributed by atoms with van der Waals surface area (Å²) in [6, 6.07) is 12.4. The number of alkyl halides is 3. The molecule has 2 atom stereocenters. The number of hydrogen-bond acceptors (Lipinski definition) is 4. The molecule has 0 aliphatic carbocycles. The lowest BCUT2D eigenvalue weighted by atomic mass is 10.1. The molecule has 3 rings (SSSR count). The summed E-state index contributed by atoms with van der Waals surface area (Å²) < 4.78 is 44.9. The lowest BCUT2D eigenvalue weighted by Gasteiger charge is -2.24. The Balaban J connectivity index is 1.70. The number of carbonyl (C=O) groups excluding carboxylic acids is 1. The second-order valence-corrected chi connectivity index (χ2v) is 8.20. The van der Waals surface area contributed by atoms with E-state index in [-0.39, 0.29) is 24.1 Å². The minimum absolute atomic E-state index is 0.0678. The summed E-state index contributed by atoms with van der Waals surface area (Å²) in [4.78, 5) is 14.8. The Morgan fingerprint density at radius 2 is 1.84 bits per heavy atom. The number of ether oxygens (including phenoxy) is 1. The molecule has 32 heavy (non-hydrogen) atoms. The highest BCUT2D eigenvalue weighted by atomic mass is 35.5. The number of rotatable bonds is 9. The van der Waals surface area contributed by atoms with E-state index in [4.69, 9.17) is 16.3 Å². The van der Waals surface area contributed by atoms with Crippen molar-refractivity contribution in [2.24, 2.45) is 0 Å². The summed E-state index contributed by atoms with van der Waals surface area (Å²) in [6.07, 6.45) is -3.93. The second kappa shape index (κ2) is 11.1. The fourth-order valence-corrected chi connectivity index (χ4v) is 4.14. The van der Waals surface area contributed by atoms with Gasteiger partial charge in [-0.2, -0.15) is 13.2 Å². The van der Waals surface area contributed by atoms with Gasteiger partial charge in [-0.3, -0.25) is 9.69 Å². The number of amides is 1. The van der Waals surface area contributed by atoms with E-state index in [0.717, 1.165) is 11.6 Å². The van der Waals surface area contributed by atoms with Crippen LogP contribution in [0.1, 0.15) is 23.1 Å². The van der Waals surface area contributed by atoms with Crippen molar-refractivity contribution in [3.8, 4) is 0 Å². The Morgan fingerprint density at radius 1 is 1.16 bits per heavy atom. The van der Waals surface area contributed by atoms with Crippen LogP contribution >= 0.6 is 11.6 Å². The van der Waals surface area contributed by atoms with Gasteiger partial charge in [0.2, 0.25) is 5.91 Å². The number of nitrogens with one attached hydrogen (secondary N) is 2. The maximum atomic E-state index is 13.3. The monoisotopic (exact) mass is 469 g/mol. The molecule has 2 N–H and O–H groups in total. The van der Waals surface area contributed by atoms with Crippen LogP contribution in [0.5, 0.6) is 0 Å². The van der Waals surface area contributed by atoms with Crippen LogP contribution in [0.15, 0.2) is 48.5 Å². The molecular formula is C23H27ClF3N3O2. The lowest BCUT2D eigenvalue weighted by Crippen LogP contribution is -2.43. The molecule has 0 spiro atoms. The predicted octanol–water partition coefficient (Wildman–Crippen LogP) is 3.85. The maximum Gasteiger partial charge on any atom is 0.416 e. The van der Waals surface area contributed by atoms with Crippen molar-refractivity contribution in [3.63, 3.8) is 0 Å². The van der Waals surface area contributed by atoms with Crippen molar-refractivity contribution in [1.29, 1.82) is 0 Å². The van der Waals surface area contributed by atoms with Crippen LogP contribution in [0.4, 0.5) is 13.2 Å². The third kappa shape index (κ3) is 6.45. The van der Waals surface area contributed by atoms with Crippen LogP contribution in [-0.4, -0.2) is 49.7 Å². The van der Waals surface area contributed by atoms with Gasteiger partial charge >= 0.3 is 6.18 Å². The molecule has 0 aromatic heterocycles. The molecule has 1 aliphatic heterocycles. The van der Waals surface area contributed by atoms with Gasteiger partial charge in [-0.25, -0.2) is 0 Å². The first-order valence-corrected chi connectivity index (χ1v) is 10.8. The highest BCUT2D eigenvalue weighted by Gasteiger charge is 2.37. The molecular weight excluding hydrogens is 443 g/mol. The Hall–Kier alpha value is -2.13. The van der Waals surface area contributed by atoms with Crippen LogP contribution in [-0.2, 0) is 28.8 Å². The fourth-order valence-electron chi connectivity index (χ4n) is 3.94. The van der Waals surface area contributed by atoms with Crippen LogP contribution in [0.25, 0.3) is 0 Å². The summed E-state index contributed by atoms with van der Waals surface area (Å²) in [5.74, 6) is -0.130. The molecule has 174 valence electrons. The largest absolute Gasteiger partial charge is 0.416 e. The third-order valence-electron chi connectivity index (χ3n) is 5.55. The third-order valence-corrected chi connectivity index (χ3v) is 5.92. The zero-order valence-electron chi connectivity index (χ0n) is 17.8. The smallest absolute Gasteiger partial charge is 0.383 e. The van der Waals surface area contributed by atoms with E-state index < -0.39 is 17.8 Å². The average Bonchev–Trinajstić information content (AvgIpc) is 3.16. The van der Waals surface area contributed by atoms with Crippen molar-refractivity contribution in [1.82, 2.24) is 15.5 Å². The summed E-state index contributed by atoms with van der Waals surface area (Å²) in [6.45, 7) is 1.85. The first-order chi connectivity index (χ1) is 15.3. The molecule has 1 aliphatic rings. The molecule has 1 amide bonds. The summed E-state index contributed by atoms with van der Waals surface area (Å²) in [5.41, 5.74) is 0.435. The van der Waals surface area contributed by atoms with E-state index in [0.29, 0.717) is 37.7 Å². The molecule has 2 aromatic carbocycles. The Morgan fingerprint density at radius 3 is 2.53 bits per heavy atom. The van der Waals surface area contributed by atoms with Crippen LogP contribution in [0.3, 0.4) is 0 Å². The minimum atomic E-state index is -4.41. The average molecular weight is 470 g/mol. The molecule has 1 saturated heterocycles. The van der Waals surface area contributed by atoms with E-state index in [1.807, 2.05) is 23.1 Å². The van der Waals surface area contributed by atoms with Crippen molar-refractivity contribution < 1.29 is 22.7 Å². The fraction of sp³-hybridized carbons (Fsp3) is 0.435. The Labute approximate surface area is 190 Å². The van der Waals surface area contributed by atoms with E-state index in [1.54, 1.807) is 19.2 Å². The molecule has 5 nitrogen and oxygen atoms in total. The van der Waals surface area contributed by atoms with Gasteiger partial charge in [0.15, 0.2) is 0 Å². The van der Waals surface area contributed by atoms with Gasteiger partial charge in [-0.15, -0.1) is 0 Å². The zero-order valence-corrected chi connectivity index (χ0v) is 18.5. The van der Waals surface area contributed by atoms with E-state index in [2.05, 4.69) is 10.6 Å². The quantitative estimate of drug-likeness (QED) is 0.548. The normalized spacial score (nSPS) is 19.3. The first kappa shape index (κ1) is 24.5. The molecule has 0 unspecified atom stereocenters. The molecule has 0 saturated carbocycles. The first-order valence-electron chi connectivity index (χ1n) is 10.4. The zero-order chi connectivity index (χ0) is 23.1. The maximum absolute atomic E-state index is 13.3. The van der Waals surface area contributed by atoms with Crippen molar-refractivity contribution >= 4 is 17.5 Å². The van der Waals surface area contributed by atoms with Crippen molar-refractivity contribution in [3.05, 3.63) is 70.2 Å². The van der Waals surface area contributed by atoms with Gasteiger partial charge in [-0.05, 0) is 29.7 Å². The number of nitrogens with zero attached hydrogens (tertiary/aromatic N) is 1. The van der Waals surface area contributed by atoms with Gasteiger partial charge in [0.05, 0.1) is 18.2 Å². The summed E-state index contributed by atoms with van der Waals surface area (Å²) in [5, 5.41) is 6.69. The van der Waals surface area contributed by atoms with Gasteiger partial charge in [0.25, 0.3) is 0 Å². The van der Waals surface area contributed by atoms with E-state index in [9.17, 15) is 18.0 Å². The van der Waals surface area contributed by atoms with Crippen LogP contribution in [0, 0.1) is 0 Å². The number of carbonyl (C=O) groups is 1. The van der Waals surface area contributed by atoms with Crippen LogP contribution < -0.4 is 10.6 Å². The molecule has 0 bridgehead atoms. The van der Waals surface area contributed by atoms with Crippen LogP contribution in [0.2, 0.25) is 5.02 Å². The summed E-state index contributed by atoms with van der Waals surface area (Å²) >= 11 is 6.30. The topological polar surface area (TPSA) is 53.6 Å². The highest BCUT2D eigenvalue weighted by Crippen LogP contribution is 2.32. The molecule has 1 heterocycles. The van der Waals surface area contributed by atoms with Crippen molar-refractivity contribution in [2.75, 3.05) is 26.8 Å². The minimum Gasteiger partial charge on any atom is -0.383 e. The van der Waals surface area contributed by atoms with Gasteiger partial charge in [0.1, 0.15) is 0 Å². The van der Waals surface area contributed by atoms with E-state index >= 15 is 0 Å². The van der Waals surface area contributed by atoms with E-state index in [1.165, 1.54) is 12.1 Å². The SMILES string of the molecule is COCCNC(=O)[C@@H]1C[C@H](NCc2ccccc2C(F)(F)F)CN1Cc1ccccc1Cl. The number of methoxy groups -OCH3 is 1.